The number of piperazine rings is 1. The zero-order valence-electron chi connectivity index (χ0n) is 12.6. The third-order valence-corrected chi connectivity index (χ3v) is 5.30. The second-order valence-corrected chi connectivity index (χ2v) is 7.79. The Kier molecular flexibility index (Phi) is 3.58. The number of aromatic nitrogens is 1. The number of nitrogens with zero attached hydrogens (tertiary/aromatic N) is 3. The fraction of sp³-hybridized carbons (Fsp3) is 0.733. The van der Waals surface area contributed by atoms with Crippen LogP contribution in [-0.2, 0) is 0 Å². The van der Waals surface area contributed by atoms with E-state index in [9.17, 15) is 4.79 Å². The van der Waals surface area contributed by atoms with Gasteiger partial charge in [0.25, 0.3) is 0 Å². The molecule has 1 aliphatic heterocycles. The number of carbonyl (C=O) groups excluding carboxylic acids is 1. The van der Waals surface area contributed by atoms with E-state index < -0.39 is 0 Å². The first-order chi connectivity index (χ1) is 9.49. The van der Waals surface area contributed by atoms with Gasteiger partial charge in [0.2, 0.25) is 0 Å². The molecular formula is C15H23N3OS. The molecule has 2 heterocycles. The highest BCUT2D eigenvalue weighted by Crippen LogP contribution is 2.43. The van der Waals surface area contributed by atoms with E-state index in [1.165, 1.54) is 12.8 Å². The molecule has 0 amide bonds. The summed E-state index contributed by atoms with van der Waals surface area (Å²) in [6, 6.07) is 0. The van der Waals surface area contributed by atoms with E-state index >= 15 is 0 Å². The Morgan fingerprint density at radius 2 is 1.85 bits per heavy atom. The zero-order chi connectivity index (χ0) is 14.3. The first-order valence-corrected chi connectivity index (χ1v) is 8.26. The van der Waals surface area contributed by atoms with Crippen LogP contribution in [0.15, 0.2) is 0 Å². The Labute approximate surface area is 124 Å². The van der Waals surface area contributed by atoms with E-state index in [0.29, 0.717) is 5.92 Å². The molecule has 1 aromatic heterocycles. The van der Waals surface area contributed by atoms with Crippen molar-refractivity contribution in [1.29, 1.82) is 0 Å². The van der Waals surface area contributed by atoms with E-state index in [2.05, 4.69) is 30.6 Å². The topological polar surface area (TPSA) is 36.4 Å². The van der Waals surface area contributed by atoms with Crippen molar-refractivity contribution in [1.82, 2.24) is 9.88 Å². The summed E-state index contributed by atoms with van der Waals surface area (Å²) in [6.45, 7) is 10.9. The van der Waals surface area contributed by atoms with Crippen molar-refractivity contribution in [3.8, 4) is 0 Å². The number of hydrogen-bond acceptors (Lipinski definition) is 5. The predicted octanol–water partition coefficient (Wildman–Crippen LogP) is 2.75. The summed E-state index contributed by atoms with van der Waals surface area (Å²) in [6.07, 6.45) is 3.38. The van der Waals surface area contributed by atoms with E-state index in [4.69, 9.17) is 4.98 Å². The summed E-state index contributed by atoms with van der Waals surface area (Å²) in [4.78, 5) is 21.6. The standard InChI is InChI=1S/C15H23N3OS/c1-15(2,3)18-8-6-17(7-9-18)14-16-13(11-4-5-11)12(10-19)20-14/h10-11H,4-9H2,1-3H3. The number of anilines is 1. The van der Waals surface area contributed by atoms with Crippen molar-refractivity contribution in [3.05, 3.63) is 10.6 Å². The monoisotopic (exact) mass is 293 g/mol. The molecule has 3 rings (SSSR count). The molecule has 110 valence electrons. The molecule has 1 saturated carbocycles. The summed E-state index contributed by atoms with van der Waals surface area (Å²) < 4.78 is 0. The molecule has 0 unspecified atom stereocenters. The van der Waals surface area contributed by atoms with Crippen molar-refractivity contribution in [2.24, 2.45) is 0 Å². The van der Waals surface area contributed by atoms with E-state index in [1.807, 2.05) is 0 Å². The Balaban J connectivity index is 1.70. The Bertz CT molecular complexity index is 494. The molecule has 2 fully saturated rings. The van der Waals surface area contributed by atoms with Crippen LogP contribution in [0.1, 0.15) is 54.9 Å². The molecule has 0 atom stereocenters. The molecule has 2 aliphatic rings. The van der Waals surface area contributed by atoms with Gasteiger partial charge in [-0.3, -0.25) is 9.69 Å². The Morgan fingerprint density at radius 3 is 2.35 bits per heavy atom. The van der Waals surface area contributed by atoms with E-state index in [-0.39, 0.29) is 5.54 Å². The highest BCUT2D eigenvalue weighted by molar-refractivity contribution is 7.17. The van der Waals surface area contributed by atoms with Crippen molar-refractivity contribution in [2.45, 2.75) is 45.1 Å². The number of carbonyl (C=O) groups is 1. The van der Waals surface area contributed by atoms with Crippen molar-refractivity contribution in [3.63, 3.8) is 0 Å². The normalized spacial score (nSPS) is 21.2. The van der Waals surface area contributed by atoms with Gasteiger partial charge in [0, 0.05) is 37.6 Å². The van der Waals surface area contributed by atoms with E-state index in [1.54, 1.807) is 11.3 Å². The first kappa shape index (κ1) is 14.0. The molecule has 1 aliphatic carbocycles. The number of aldehydes is 1. The Morgan fingerprint density at radius 1 is 1.20 bits per heavy atom. The van der Waals surface area contributed by atoms with Gasteiger partial charge in [-0.05, 0) is 33.6 Å². The van der Waals surface area contributed by atoms with Gasteiger partial charge in [0.15, 0.2) is 11.4 Å². The van der Waals surface area contributed by atoms with Gasteiger partial charge in [0.1, 0.15) is 0 Å². The highest BCUT2D eigenvalue weighted by atomic mass is 32.1. The van der Waals surface area contributed by atoms with Crippen molar-refractivity contribution in [2.75, 3.05) is 31.1 Å². The molecule has 0 N–H and O–H groups in total. The predicted molar refractivity (Wildman–Crippen MR) is 83.0 cm³/mol. The van der Waals surface area contributed by atoms with Crippen LogP contribution in [-0.4, -0.2) is 47.9 Å². The number of thiazole rings is 1. The first-order valence-electron chi connectivity index (χ1n) is 7.45. The van der Waals surface area contributed by atoms with Crippen molar-refractivity contribution >= 4 is 22.8 Å². The van der Waals surface area contributed by atoms with Crippen LogP contribution in [0, 0.1) is 0 Å². The molecule has 4 nitrogen and oxygen atoms in total. The maximum atomic E-state index is 11.2. The number of rotatable bonds is 3. The van der Waals surface area contributed by atoms with Crippen LogP contribution in [0.2, 0.25) is 0 Å². The van der Waals surface area contributed by atoms with Crippen LogP contribution >= 0.6 is 11.3 Å². The average Bonchev–Trinajstić information content (AvgIpc) is 3.17. The summed E-state index contributed by atoms with van der Waals surface area (Å²) in [5.74, 6) is 0.552. The smallest absolute Gasteiger partial charge is 0.186 e. The molecule has 5 heteroatoms. The molecule has 20 heavy (non-hydrogen) atoms. The summed E-state index contributed by atoms with van der Waals surface area (Å²) >= 11 is 1.57. The third-order valence-electron chi connectivity index (χ3n) is 4.24. The minimum absolute atomic E-state index is 0.238. The highest BCUT2D eigenvalue weighted by Gasteiger charge is 2.32. The summed E-state index contributed by atoms with van der Waals surface area (Å²) in [7, 11) is 0. The molecule has 0 bridgehead atoms. The lowest BCUT2D eigenvalue weighted by molar-refractivity contribution is 0.112. The third kappa shape index (κ3) is 2.74. The van der Waals surface area contributed by atoms with Crippen LogP contribution in [0.4, 0.5) is 5.13 Å². The lowest BCUT2D eigenvalue weighted by atomic mass is 10.1. The molecule has 0 spiro atoms. The fourth-order valence-corrected chi connectivity index (χ4v) is 3.79. The van der Waals surface area contributed by atoms with E-state index in [0.717, 1.165) is 48.2 Å². The van der Waals surface area contributed by atoms with Gasteiger partial charge in [-0.25, -0.2) is 4.98 Å². The van der Waals surface area contributed by atoms with Crippen LogP contribution in [0.25, 0.3) is 0 Å². The maximum Gasteiger partial charge on any atom is 0.186 e. The van der Waals surface area contributed by atoms with Gasteiger partial charge in [-0.15, -0.1) is 0 Å². The largest absolute Gasteiger partial charge is 0.346 e. The van der Waals surface area contributed by atoms with Crippen LogP contribution in [0.3, 0.4) is 0 Å². The molecule has 1 aromatic rings. The quantitative estimate of drug-likeness (QED) is 0.803. The average molecular weight is 293 g/mol. The molecule has 0 aromatic carbocycles. The number of hydrogen-bond donors (Lipinski definition) is 0. The molecule has 1 saturated heterocycles. The lowest BCUT2D eigenvalue weighted by Gasteiger charge is -2.42. The van der Waals surface area contributed by atoms with Gasteiger partial charge in [-0.2, -0.15) is 0 Å². The van der Waals surface area contributed by atoms with Crippen LogP contribution < -0.4 is 4.90 Å². The van der Waals surface area contributed by atoms with Gasteiger partial charge in [0.05, 0.1) is 10.6 Å². The summed E-state index contributed by atoms with van der Waals surface area (Å²) in [5, 5.41) is 1.04. The Hall–Kier alpha value is -0.940. The zero-order valence-corrected chi connectivity index (χ0v) is 13.4. The maximum absolute atomic E-state index is 11.2. The second kappa shape index (κ2) is 5.11. The van der Waals surface area contributed by atoms with Gasteiger partial charge >= 0.3 is 0 Å². The molecular weight excluding hydrogens is 270 g/mol. The lowest BCUT2D eigenvalue weighted by Crippen LogP contribution is -2.53. The van der Waals surface area contributed by atoms with Crippen molar-refractivity contribution < 1.29 is 4.79 Å². The van der Waals surface area contributed by atoms with Crippen LogP contribution in [0.5, 0.6) is 0 Å². The van der Waals surface area contributed by atoms with Gasteiger partial charge < -0.3 is 4.90 Å². The minimum atomic E-state index is 0.238. The molecule has 0 radical (unpaired) electrons. The SMILES string of the molecule is CC(C)(C)N1CCN(c2nc(C3CC3)c(C=O)s2)CC1. The second-order valence-electron chi connectivity index (χ2n) is 6.78. The minimum Gasteiger partial charge on any atom is -0.346 e. The summed E-state index contributed by atoms with van der Waals surface area (Å²) in [5.41, 5.74) is 1.29. The fourth-order valence-electron chi connectivity index (χ4n) is 2.77. The van der Waals surface area contributed by atoms with Gasteiger partial charge in [-0.1, -0.05) is 11.3 Å².